The number of halogens is 4. The van der Waals surface area contributed by atoms with E-state index in [0.29, 0.717) is 17.3 Å². The molecule has 2 aliphatic rings. The van der Waals surface area contributed by atoms with Gasteiger partial charge in [0.25, 0.3) is 5.91 Å². The number of rotatable bonds is 2. The van der Waals surface area contributed by atoms with Crippen molar-refractivity contribution in [3.63, 3.8) is 0 Å². The van der Waals surface area contributed by atoms with Crippen LogP contribution >= 0.6 is 0 Å². The van der Waals surface area contributed by atoms with E-state index in [2.05, 4.69) is 5.10 Å². The summed E-state index contributed by atoms with van der Waals surface area (Å²) in [5.41, 5.74) is 0.342. The summed E-state index contributed by atoms with van der Waals surface area (Å²) in [7, 11) is 1.38. The van der Waals surface area contributed by atoms with E-state index in [1.54, 1.807) is 0 Å². The molecule has 9 nitrogen and oxygen atoms in total. The number of nitrogens with one attached hydrogen (secondary N) is 1. The van der Waals surface area contributed by atoms with Gasteiger partial charge in [-0.3, -0.25) is 14.3 Å². The predicted octanol–water partition coefficient (Wildman–Crippen LogP) is 1.41. The number of anilines is 1. The Morgan fingerprint density at radius 3 is 2.74 bits per heavy atom. The van der Waals surface area contributed by atoms with Gasteiger partial charge in [0.05, 0.1) is 31.1 Å². The second kappa shape index (κ2) is 7.81. The molecule has 4 rings (SSSR count). The molecule has 0 saturated carbocycles. The highest BCUT2D eigenvalue weighted by Crippen LogP contribution is 2.27. The van der Waals surface area contributed by atoms with Gasteiger partial charge in [-0.25, -0.2) is 27.4 Å². The van der Waals surface area contributed by atoms with Crippen LogP contribution in [0.5, 0.6) is 0 Å². The van der Waals surface area contributed by atoms with Crippen LogP contribution in [0.2, 0.25) is 0 Å². The van der Waals surface area contributed by atoms with Crippen molar-refractivity contribution in [1.29, 1.82) is 0 Å². The number of benzene rings is 1. The van der Waals surface area contributed by atoms with Crippen LogP contribution in [-0.4, -0.2) is 63.1 Å². The van der Waals surface area contributed by atoms with Crippen LogP contribution in [0.3, 0.4) is 0 Å². The Morgan fingerprint density at radius 2 is 2.03 bits per heavy atom. The topological polar surface area (TPSA) is 99.9 Å². The number of aromatic nitrogens is 2. The van der Waals surface area contributed by atoms with Crippen molar-refractivity contribution in [3.05, 3.63) is 46.3 Å². The van der Waals surface area contributed by atoms with Gasteiger partial charge < -0.3 is 15.3 Å². The first-order chi connectivity index (χ1) is 14.7. The minimum Gasteiger partial charge on any atom is -0.393 e. The molecule has 2 aliphatic heterocycles. The summed E-state index contributed by atoms with van der Waals surface area (Å²) in [6, 6.07) is -0.550. The molecule has 3 amide bonds. The fourth-order valence-corrected chi connectivity index (χ4v) is 3.57. The van der Waals surface area contributed by atoms with Crippen LogP contribution in [0.4, 0.5) is 28.0 Å². The summed E-state index contributed by atoms with van der Waals surface area (Å²) in [5.74, 6) is -7.92. The molecule has 0 radical (unpaired) electrons. The molecule has 0 aliphatic carbocycles. The lowest BCUT2D eigenvalue weighted by atomic mass is 10.1. The molecule has 31 heavy (non-hydrogen) atoms. The van der Waals surface area contributed by atoms with E-state index in [4.69, 9.17) is 4.84 Å². The zero-order chi connectivity index (χ0) is 22.4. The van der Waals surface area contributed by atoms with Crippen LogP contribution in [0.15, 0.2) is 6.07 Å². The van der Waals surface area contributed by atoms with Gasteiger partial charge in [0.15, 0.2) is 23.3 Å². The first-order valence-electron chi connectivity index (χ1n) is 9.24. The van der Waals surface area contributed by atoms with Gasteiger partial charge in [0.1, 0.15) is 11.8 Å². The molecular weight excluding hydrogens is 426 g/mol. The third-order valence-electron chi connectivity index (χ3n) is 5.11. The van der Waals surface area contributed by atoms with Crippen molar-refractivity contribution in [2.75, 3.05) is 25.5 Å². The van der Waals surface area contributed by atoms with Gasteiger partial charge in [-0.1, -0.05) is 0 Å². The zero-order valence-electron chi connectivity index (χ0n) is 16.2. The number of nitrogens with zero attached hydrogens (tertiary/aromatic N) is 4. The molecule has 2 N–H and O–H groups in total. The molecule has 13 heteroatoms. The maximum absolute atomic E-state index is 13.9. The molecule has 0 fully saturated rings. The summed E-state index contributed by atoms with van der Waals surface area (Å²) >= 11 is 0. The van der Waals surface area contributed by atoms with Crippen molar-refractivity contribution in [3.8, 4) is 0 Å². The van der Waals surface area contributed by atoms with Crippen LogP contribution in [-0.2, 0) is 24.3 Å². The largest absolute Gasteiger partial charge is 0.393 e. The third kappa shape index (κ3) is 3.59. The lowest BCUT2D eigenvalue weighted by Crippen LogP contribution is -2.40. The number of hydroxylamine groups is 2. The Morgan fingerprint density at radius 1 is 1.29 bits per heavy atom. The molecule has 2 aromatic rings. The number of aliphatic hydroxyl groups excluding tert-OH is 1. The molecule has 1 aromatic carbocycles. The fourth-order valence-electron chi connectivity index (χ4n) is 3.57. The molecule has 0 bridgehead atoms. The first-order valence-corrected chi connectivity index (χ1v) is 9.24. The van der Waals surface area contributed by atoms with Gasteiger partial charge in [-0.2, -0.15) is 5.10 Å². The molecule has 0 unspecified atom stereocenters. The van der Waals surface area contributed by atoms with Crippen molar-refractivity contribution in [1.82, 2.24) is 19.7 Å². The number of carbonyl (C=O) groups excluding carboxylic acids is 2. The molecule has 1 atom stereocenters. The van der Waals surface area contributed by atoms with Crippen LogP contribution < -0.4 is 5.32 Å². The summed E-state index contributed by atoms with van der Waals surface area (Å²) in [4.78, 5) is 31.8. The summed E-state index contributed by atoms with van der Waals surface area (Å²) in [6.07, 6.45) is -0.429. The second-order valence-corrected chi connectivity index (χ2v) is 7.12. The van der Waals surface area contributed by atoms with E-state index < -0.39 is 47.0 Å². The lowest BCUT2D eigenvalue weighted by molar-refractivity contribution is -0.159. The molecular formula is C18H17F4N5O4. The highest BCUT2D eigenvalue weighted by molar-refractivity contribution is 5.94. The van der Waals surface area contributed by atoms with Crippen LogP contribution in [0.25, 0.3) is 0 Å². The molecule has 166 valence electrons. The van der Waals surface area contributed by atoms with E-state index in [1.807, 2.05) is 5.32 Å². The molecule has 0 spiro atoms. The summed E-state index contributed by atoms with van der Waals surface area (Å²) in [6.45, 7) is -0.187. The van der Waals surface area contributed by atoms with E-state index in [9.17, 15) is 32.3 Å². The first kappa shape index (κ1) is 21.1. The summed E-state index contributed by atoms with van der Waals surface area (Å²) in [5, 5.41) is 16.8. The average Bonchev–Trinajstić information content (AvgIpc) is 3.05. The van der Waals surface area contributed by atoms with Gasteiger partial charge in [-0.05, 0) is 0 Å². The van der Waals surface area contributed by atoms with Gasteiger partial charge >= 0.3 is 6.03 Å². The van der Waals surface area contributed by atoms with Gasteiger partial charge in [0.2, 0.25) is 0 Å². The number of hydrogen-bond acceptors (Lipinski definition) is 5. The molecule has 0 saturated heterocycles. The minimum atomic E-state index is -2.04. The highest BCUT2D eigenvalue weighted by atomic mass is 19.2. The number of amides is 3. The van der Waals surface area contributed by atoms with Crippen LogP contribution in [0.1, 0.15) is 21.7 Å². The number of urea groups is 1. The van der Waals surface area contributed by atoms with Crippen molar-refractivity contribution < 1.29 is 37.1 Å². The average molecular weight is 443 g/mol. The van der Waals surface area contributed by atoms with Crippen LogP contribution in [0, 0.1) is 23.3 Å². The van der Waals surface area contributed by atoms with Gasteiger partial charge in [0, 0.05) is 31.6 Å². The van der Waals surface area contributed by atoms with Crippen molar-refractivity contribution >= 4 is 17.6 Å². The number of fused-ring (bicyclic) bond motifs is 3. The summed E-state index contributed by atoms with van der Waals surface area (Å²) < 4.78 is 55.2. The second-order valence-electron chi connectivity index (χ2n) is 7.12. The zero-order valence-corrected chi connectivity index (χ0v) is 16.2. The van der Waals surface area contributed by atoms with E-state index >= 15 is 0 Å². The Balaban J connectivity index is 1.59. The monoisotopic (exact) mass is 443 g/mol. The maximum atomic E-state index is 13.9. The quantitative estimate of drug-likeness (QED) is 0.416. The third-order valence-corrected chi connectivity index (χ3v) is 5.11. The maximum Gasteiger partial charge on any atom is 0.322 e. The Kier molecular flexibility index (Phi) is 5.31. The number of carbonyl (C=O) groups is 2. The number of hydrogen-bond donors (Lipinski definition) is 2. The minimum absolute atomic E-state index is 0.0896. The molecule has 1 aromatic heterocycles. The fraction of sp³-hybridized carbons (Fsp3) is 0.389. The highest BCUT2D eigenvalue weighted by Gasteiger charge is 2.35. The van der Waals surface area contributed by atoms with E-state index in [-0.39, 0.29) is 38.4 Å². The van der Waals surface area contributed by atoms with Gasteiger partial charge in [-0.15, -0.1) is 0 Å². The standard InChI is InChI=1S/C18H17F4N5O4/c1-25-17(29)16-9-6-26(3-2-11(9)24-27(16)5-8(7-28)31-25)18(30)23-12-4-10(19)13(20)15(22)14(12)21/h4,8,28H,2-3,5-7H2,1H3,(H,23,30)/t8-/m0/s1. The Hall–Kier alpha value is -3.19. The Labute approximate surface area is 172 Å². The SMILES string of the molecule is CN1O[C@H](CO)Cn2nc3c(c2C1=O)CN(C(=O)Nc1cc(F)c(F)c(F)c1F)CC3. The van der Waals surface area contributed by atoms with Crippen molar-refractivity contribution in [2.24, 2.45) is 0 Å². The smallest absolute Gasteiger partial charge is 0.322 e. The lowest BCUT2D eigenvalue weighted by Gasteiger charge is -2.27. The predicted molar refractivity (Wildman–Crippen MR) is 95.7 cm³/mol. The number of aliphatic hydroxyl groups is 1. The normalized spacial score (nSPS) is 18.5. The van der Waals surface area contributed by atoms with Crippen molar-refractivity contribution in [2.45, 2.75) is 25.6 Å². The van der Waals surface area contributed by atoms with E-state index in [1.165, 1.54) is 16.6 Å². The van der Waals surface area contributed by atoms with E-state index in [0.717, 1.165) is 5.06 Å². The molecule has 3 heterocycles. The Bertz CT molecular complexity index is 1080.